The van der Waals surface area contributed by atoms with Crippen molar-refractivity contribution in [2.45, 2.75) is 38.0 Å². The second-order valence-corrected chi connectivity index (χ2v) is 8.36. The highest BCUT2D eigenvalue weighted by Crippen LogP contribution is 2.35. The summed E-state index contributed by atoms with van der Waals surface area (Å²) in [7, 11) is 0. The van der Waals surface area contributed by atoms with Crippen LogP contribution in [0.25, 0.3) is 0 Å². The van der Waals surface area contributed by atoms with Crippen LogP contribution in [0.4, 0.5) is 13.2 Å². The Bertz CT molecular complexity index is 1170. The Labute approximate surface area is 179 Å². The number of pyridine rings is 1. The molecule has 2 aliphatic heterocycles. The summed E-state index contributed by atoms with van der Waals surface area (Å²) in [6, 6.07) is 0.407. The summed E-state index contributed by atoms with van der Waals surface area (Å²) in [5, 5.41) is 23.2. The number of aliphatic hydroxyl groups is 1. The molecule has 0 saturated carbocycles. The van der Waals surface area contributed by atoms with E-state index in [-0.39, 0.29) is 25.2 Å². The lowest BCUT2D eigenvalue weighted by Gasteiger charge is -2.34. The molecule has 0 unspecified atom stereocenters. The van der Waals surface area contributed by atoms with Gasteiger partial charge in [-0.15, -0.1) is 0 Å². The zero-order valence-corrected chi connectivity index (χ0v) is 17.0. The predicted octanol–water partition coefficient (Wildman–Crippen LogP) is 1.44. The van der Waals surface area contributed by atoms with Crippen molar-refractivity contribution >= 4 is 11.8 Å². The average Bonchev–Trinajstić information content (AvgIpc) is 2.84. The molecule has 2 aromatic rings. The van der Waals surface area contributed by atoms with E-state index < -0.39 is 69.8 Å². The second kappa shape index (κ2) is 7.66. The van der Waals surface area contributed by atoms with Gasteiger partial charge in [-0.1, -0.05) is 0 Å². The molecule has 4 rings (SSSR count). The van der Waals surface area contributed by atoms with E-state index in [1.165, 1.54) is 9.47 Å². The van der Waals surface area contributed by atoms with Crippen LogP contribution in [0.2, 0.25) is 0 Å². The van der Waals surface area contributed by atoms with Gasteiger partial charge in [-0.2, -0.15) is 0 Å². The lowest BCUT2D eigenvalue weighted by atomic mass is 9.94. The zero-order chi connectivity index (χ0) is 23.4. The molecule has 32 heavy (non-hydrogen) atoms. The molecular weight excluding hydrogens is 431 g/mol. The van der Waals surface area contributed by atoms with Gasteiger partial charge in [-0.3, -0.25) is 14.4 Å². The summed E-state index contributed by atoms with van der Waals surface area (Å²) in [4.78, 5) is 39.4. The zero-order valence-electron chi connectivity index (χ0n) is 17.0. The number of hydrogen-bond donors (Lipinski definition) is 3. The van der Waals surface area contributed by atoms with Gasteiger partial charge < -0.3 is 25.0 Å². The van der Waals surface area contributed by atoms with Crippen LogP contribution in [0.5, 0.6) is 5.75 Å². The Morgan fingerprint density at radius 2 is 1.91 bits per heavy atom. The molecule has 170 valence electrons. The molecule has 3 N–H and O–H groups in total. The van der Waals surface area contributed by atoms with Gasteiger partial charge in [-0.25, -0.2) is 13.2 Å². The topological polar surface area (TPSA) is 112 Å². The lowest BCUT2D eigenvalue weighted by Crippen LogP contribution is -2.44. The number of rotatable bonds is 3. The van der Waals surface area contributed by atoms with E-state index in [1.54, 1.807) is 6.92 Å². The highest BCUT2D eigenvalue weighted by Gasteiger charge is 2.41. The first kappa shape index (κ1) is 21.9. The minimum Gasteiger partial charge on any atom is -0.503 e. The summed E-state index contributed by atoms with van der Waals surface area (Å²) in [6.07, 6.45) is 1.61. The second-order valence-electron chi connectivity index (χ2n) is 8.36. The van der Waals surface area contributed by atoms with Crippen molar-refractivity contribution in [1.82, 2.24) is 14.8 Å². The number of aromatic hydroxyl groups is 1. The van der Waals surface area contributed by atoms with Crippen LogP contribution >= 0.6 is 0 Å². The molecule has 1 saturated heterocycles. The number of carbonyl (C=O) groups is 2. The third kappa shape index (κ3) is 3.72. The van der Waals surface area contributed by atoms with Gasteiger partial charge in [0, 0.05) is 43.5 Å². The molecule has 1 fully saturated rings. The van der Waals surface area contributed by atoms with E-state index in [1.807, 2.05) is 0 Å². The fourth-order valence-corrected chi connectivity index (χ4v) is 4.20. The standard InChI is InChI=1S/C21H20F3N3O5/c1-21(32)2-3-26-8-11(6-21)27-9-13(17(28)18(29)16(27)20(26)31)19(30)25-7-12-14(23)4-10(22)5-15(12)24/h4-5,9,11,29,32H,2-3,6-8H2,1H3,(H,25,30)/t11-,21+/m0/s1. The highest BCUT2D eigenvalue weighted by molar-refractivity contribution is 5.99. The molecule has 1 aromatic heterocycles. The number of hydrogen-bond acceptors (Lipinski definition) is 5. The molecular formula is C21H20F3N3O5. The summed E-state index contributed by atoms with van der Waals surface area (Å²) < 4.78 is 42.0. The molecule has 0 aliphatic carbocycles. The molecule has 3 heterocycles. The van der Waals surface area contributed by atoms with Gasteiger partial charge in [0.15, 0.2) is 11.4 Å². The van der Waals surface area contributed by atoms with Gasteiger partial charge >= 0.3 is 0 Å². The van der Waals surface area contributed by atoms with Gasteiger partial charge in [0.1, 0.15) is 23.0 Å². The molecule has 8 nitrogen and oxygen atoms in total. The number of amides is 2. The number of benzene rings is 1. The van der Waals surface area contributed by atoms with Crippen molar-refractivity contribution < 1.29 is 33.0 Å². The number of aromatic nitrogens is 1. The smallest absolute Gasteiger partial charge is 0.274 e. The van der Waals surface area contributed by atoms with E-state index in [0.717, 1.165) is 6.20 Å². The lowest BCUT2D eigenvalue weighted by molar-refractivity contribution is 0.0369. The van der Waals surface area contributed by atoms with E-state index in [9.17, 15) is 37.8 Å². The molecule has 2 bridgehead atoms. The maximum absolute atomic E-state index is 13.8. The van der Waals surface area contributed by atoms with Crippen molar-refractivity contribution in [1.29, 1.82) is 0 Å². The maximum Gasteiger partial charge on any atom is 0.274 e. The van der Waals surface area contributed by atoms with Crippen LogP contribution in [-0.2, 0) is 6.54 Å². The fraction of sp³-hybridized carbons (Fsp3) is 0.381. The van der Waals surface area contributed by atoms with Crippen LogP contribution in [0.3, 0.4) is 0 Å². The van der Waals surface area contributed by atoms with Crippen LogP contribution < -0.4 is 10.7 Å². The van der Waals surface area contributed by atoms with Gasteiger partial charge in [-0.05, 0) is 19.8 Å². The Morgan fingerprint density at radius 3 is 2.56 bits per heavy atom. The van der Waals surface area contributed by atoms with Gasteiger partial charge in [0.25, 0.3) is 11.8 Å². The maximum atomic E-state index is 13.8. The molecule has 1 aromatic carbocycles. The van der Waals surface area contributed by atoms with Crippen LogP contribution in [0.1, 0.15) is 52.2 Å². The first-order valence-electron chi connectivity index (χ1n) is 9.90. The molecule has 11 heteroatoms. The largest absolute Gasteiger partial charge is 0.503 e. The van der Waals surface area contributed by atoms with Crippen LogP contribution in [0.15, 0.2) is 23.1 Å². The van der Waals surface area contributed by atoms with Gasteiger partial charge in [0.2, 0.25) is 5.43 Å². The normalized spacial score (nSPS) is 22.3. The Balaban J connectivity index is 1.69. The van der Waals surface area contributed by atoms with Crippen molar-refractivity contribution in [2.24, 2.45) is 0 Å². The first-order chi connectivity index (χ1) is 15.0. The summed E-state index contributed by atoms with van der Waals surface area (Å²) in [6.45, 7) is 1.40. The van der Waals surface area contributed by atoms with E-state index in [0.29, 0.717) is 18.6 Å². The minimum absolute atomic E-state index is 0.207. The number of halogens is 3. The Morgan fingerprint density at radius 1 is 1.25 bits per heavy atom. The number of fused-ring (bicyclic) bond motifs is 4. The van der Waals surface area contributed by atoms with Crippen molar-refractivity contribution in [3.63, 3.8) is 0 Å². The third-order valence-corrected chi connectivity index (χ3v) is 5.90. The van der Waals surface area contributed by atoms with E-state index in [2.05, 4.69) is 5.32 Å². The SMILES string of the molecule is C[C@@]1(O)CCN2C[C@H](C1)n1cc(C(=O)NCc3c(F)cc(F)cc3F)c(=O)c(O)c1C2=O. The average molecular weight is 451 g/mol. The Kier molecular flexibility index (Phi) is 5.24. The number of nitrogens with one attached hydrogen (secondary N) is 1. The Hall–Kier alpha value is -3.34. The number of nitrogens with zero attached hydrogens (tertiary/aromatic N) is 2. The molecule has 2 amide bonds. The molecule has 0 radical (unpaired) electrons. The quantitative estimate of drug-likeness (QED) is 0.654. The van der Waals surface area contributed by atoms with Crippen molar-refractivity contribution in [3.8, 4) is 5.75 Å². The summed E-state index contributed by atoms with van der Waals surface area (Å²) in [5.41, 5.74) is -3.66. The van der Waals surface area contributed by atoms with Crippen molar-refractivity contribution in [2.75, 3.05) is 13.1 Å². The third-order valence-electron chi connectivity index (χ3n) is 5.90. The fourth-order valence-electron chi connectivity index (χ4n) is 4.20. The summed E-state index contributed by atoms with van der Waals surface area (Å²) >= 11 is 0. The van der Waals surface area contributed by atoms with E-state index in [4.69, 9.17) is 0 Å². The van der Waals surface area contributed by atoms with E-state index >= 15 is 0 Å². The molecule has 0 spiro atoms. The summed E-state index contributed by atoms with van der Waals surface area (Å²) in [5.74, 6) is -6.10. The predicted molar refractivity (Wildman–Crippen MR) is 105 cm³/mol. The number of carbonyl (C=O) groups excluding carboxylic acids is 2. The molecule has 2 atom stereocenters. The molecule has 2 aliphatic rings. The van der Waals surface area contributed by atoms with Gasteiger partial charge in [0.05, 0.1) is 11.6 Å². The monoisotopic (exact) mass is 451 g/mol. The minimum atomic E-state index is -1.21. The van der Waals surface area contributed by atoms with Crippen LogP contribution in [0, 0.1) is 17.5 Å². The van der Waals surface area contributed by atoms with Crippen LogP contribution in [-0.4, -0.2) is 50.2 Å². The first-order valence-corrected chi connectivity index (χ1v) is 9.90. The van der Waals surface area contributed by atoms with Crippen molar-refractivity contribution in [3.05, 3.63) is 62.8 Å². The highest BCUT2D eigenvalue weighted by atomic mass is 19.1.